The molecule has 0 spiro atoms. The van der Waals surface area contributed by atoms with E-state index in [4.69, 9.17) is 4.74 Å². The van der Waals surface area contributed by atoms with Crippen LogP contribution < -0.4 is 24.7 Å². The van der Waals surface area contributed by atoms with E-state index in [-0.39, 0.29) is 6.54 Å². The van der Waals surface area contributed by atoms with Gasteiger partial charge in [-0.15, -0.1) is 0 Å². The topological polar surface area (TPSA) is 101 Å². The number of nitrogens with one attached hydrogen (secondary N) is 1. The molecule has 4 aromatic rings. The van der Waals surface area contributed by atoms with Gasteiger partial charge in [-0.3, -0.25) is 23.7 Å². The molecule has 9 nitrogen and oxygen atoms in total. The molecule has 238 valence electrons. The lowest BCUT2D eigenvalue weighted by molar-refractivity contribution is -0.137. The standard InChI is InChI=1S/C32H27F3N4O5S2/c1-37(2)19-12-8-17(9-13-19)24-25-26(29(42)39(28(25)41)22-7-5-4-6-21(22)32(33,34)35)45-30-27(24)46-31(43)38(30)16-23(40)36-18-10-14-20(44-3)15-11-18/h4-15,24-26H,16H2,1-3H3,(H,36,40)/t24-,25-,26+/m0/s1. The molecule has 1 fully saturated rings. The molecule has 14 heteroatoms. The molecule has 2 aliphatic heterocycles. The number of fused-ring (bicyclic) bond motifs is 2. The first-order valence-corrected chi connectivity index (χ1v) is 15.7. The molecular weight excluding hydrogens is 642 g/mol. The van der Waals surface area contributed by atoms with Crippen molar-refractivity contribution in [2.24, 2.45) is 5.92 Å². The van der Waals surface area contributed by atoms with Crippen LogP contribution in [0.4, 0.5) is 30.2 Å². The smallest absolute Gasteiger partial charge is 0.418 e. The lowest BCUT2D eigenvalue weighted by Crippen LogP contribution is -2.33. The Kier molecular flexibility index (Phi) is 8.19. The Balaban J connectivity index is 1.42. The van der Waals surface area contributed by atoms with Crippen LogP contribution in [0.15, 0.2) is 82.6 Å². The van der Waals surface area contributed by atoms with Gasteiger partial charge >= 0.3 is 11.0 Å². The second-order valence-corrected chi connectivity index (χ2v) is 13.1. The molecule has 1 saturated heterocycles. The van der Waals surface area contributed by atoms with Gasteiger partial charge in [0.15, 0.2) is 0 Å². The Morgan fingerprint density at radius 1 is 0.957 bits per heavy atom. The number of ether oxygens (including phenoxy) is 1. The van der Waals surface area contributed by atoms with E-state index in [1.165, 1.54) is 23.8 Å². The summed E-state index contributed by atoms with van der Waals surface area (Å²) in [5.41, 5.74) is 0.312. The minimum absolute atomic E-state index is 0.329. The van der Waals surface area contributed by atoms with Crippen LogP contribution in [0.25, 0.3) is 0 Å². The first-order chi connectivity index (χ1) is 21.9. The predicted octanol–water partition coefficient (Wildman–Crippen LogP) is 5.44. The highest BCUT2D eigenvalue weighted by Gasteiger charge is 2.57. The van der Waals surface area contributed by atoms with Crippen molar-refractivity contribution in [3.63, 3.8) is 0 Å². The summed E-state index contributed by atoms with van der Waals surface area (Å²) in [6, 6.07) is 18.3. The number of hydrogen-bond acceptors (Lipinski definition) is 8. The van der Waals surface area contributed by atoms with Gasteiger partial charge in [-0.05, 0) is 54.1 Å². The van der Waals surface area contributed by atoms with Gasteiger partial charge in [0.25, 0.3) is 0 Å². The van der Waals surface area contributed by atoms with Crippen LogP contribution in [0.3, 0.4) is 0 Å². The number of rotatable bonds is 7. The van der Waals surface area contributed by atoms with Gasteiger partial charge in [-0.2, -0.15) is 13.2 Å². The number of hydrogen-bond donors (Lipinski definition) is 1. The number of benzene rings is 3. The number of halogens is 3. The molecule has 1 N–H and O–H groups in total. The van der Waals surface area contributed by atoms with E-state index in [0.29, 0.717) is 31.8 Å². The van der Waals surface area contributed by atoms with Crippen molar-refractivity contribution < 1.29 is 32.3 Å². The van der Waals surface area contributed by atoms with Crippen LogP contribution in [-0.4, -0.2) is 48.7 Å². The van der Waals surface area contributed by atoms with Crippen molar-refractivity contribution in [3.8, 4) is 5.75 Å². The van der Waals surface area contributed by atoms with Gasteiger partial charge in [0.1, 0.15) is 17.5 Å². The van der Waals surface area contributed by atoms with Crippen molar-refractivity contribution in [2.45, 2.75) is 28.9 Å². The first-order valence-electron chi connectivity index (χ1n) is 14.0. The summed E-state index contributed by atoms with van der Waals surface area (Å²) in [6.07, 6.45) is -4.81. The Bertz CT molecular complexity index is 1890. The van der Waals surface area contributed by atoms with Crippen LogP contribution in [0.5, 0.6) is 5.75 Å². The third kappa shape index (κ3) is 5.55. The monoisotopic (exact) mass is 668 g/mol. The van der Waals surface area contributed by atoms with Crippen LogP contribution in [0, 0.1) is 5.92 Å². The maximum atomic E-state index is 14.1. The average Bonchev–Trinajstić information content (AvgIpc) is 3.47. The summed E-state index contributed by atoms with van der Waals surface area (Å²) < 4.78 is 48.4. The van der Waals surface area contributed by atoms with E-state index in [1.54, 1.807) is 36.4 Å². The minimum atomic E-state index is -4.81. The Morgan fingerprint density at radius 2 is 1.63 bits per heavy atom. The third-order valence-electron chi connectivity index (χ3n) is 7.94. The summed E-state index contributed by atoms with van der Waals surface area (Å²) in [4.78, 5) is 57.0. The van der Waals surface area contributed by atoms with Gasteiger partial charge in [0.2, 0.25) is 17.7 Å². The molecule has 0 aliphatic carbocycles. The van der Waals surface area contributed by atoms with E-state index in [9.17, 15) is 32.3 Å². The maximum absolute atomic E-state index is 14.1. The molecule has 0 bridgehead atoms. The normalized spacial score (nSPS) is 19.1. The largest absolute Gasteiger partial charge is 0.497 e. The second kappa shape index (κ2) is 12.0. The number of thioether (sulfide) groups is 1. The molecule has 46 heavy (non-hydrogen) atoms. The van der Waals surface area contributed by atoms with E-state index >= 15 is 0 Å². The molecule has 6 rings (SSSR count). The lowest BCUT2D eigenvalue weighted by Gasteiger charge is -2.31. The number of carbonyl (C=O) groups excluding carboxylic acids is 3. The summed E-state index contributed by atoms with van der Waals surface area (Å²) in [6.45, 7) is -0.379. The number of para-hydroxylation sites is 1. The highest BCUT2D eigenvalue weighted by molar-refractivity contribution is 8.00. The fraction of sp³-hybridized carbons (Fsp3) is 0.250. The van der Waals surface area contributed by atoms with Crippen LogP contribution in [0.1, 0.15) is 21.9 Å². The molecular formula is C32H27F3N4O5S2. The summed E-state index contributed by atoms with van der Waals surface area (Å²) in [5, 5.41) is 1.93. The fourth-order valence-corrected chi connectivity index (χ4v) is 8.53. The Hall–Kier alpha value is -4.56. The van der Waals surface area contributed by atoms with Gasteiger partial charge in [0, 0.05) is 36.3 Å². The SMILES string of the molecule is COc1ccc(NC(=O)Cn2c3c(sc2=O)[C@@H](c2ccc(N(C)C)cc2)[C@@H]2C(=O)N(c4ccccc4C(F)(F)F)C(=O)[C@@H]2S3)cc1. The van der Waals surface area contributed by atoms with E-state index in [0.717, 1.165) is 40.9 Å². The lowest BCUT2D eigenvalue weighted by atomic mass is 9.83. The van der Waals surface area contributed by atoms with Crippen LogP contribution in [-0.2, 0) is 27.1 Å². The fourth-order valence-electron chi connectivity index (χ4n) is 5.76. The van der Waals surface area contributed by atoms with Gasteiger partial charge in [-0.25, -0.2) is 4.90 Å². The predicted molar refractivity (Wildman–Crippen MR) is 170 cm³/mol. The quantitative estimate of drug-likeness (QED) is 0.262. The van der Waals surface area contributed by atoms with E-state index < -0.39 is 57.1 Å². The number of methoxy groups -OCH3 is 1. The molecule has 0 unspecified atom stereocenters. The number of anilines is 3. The second-order valence-electron chi connectivity index (χ2n) is 11.0. The zero-order chi connectivity index (χ0) is 32.9. The molecule has 1 aromatic heterocycles. The summed E-state index contributed by atoms with van der Waals surface area (Å²) >= 11 is 1.79. The van der Waals surface area contributed by atoms with Gasteiger partial charge in [0.05, 0.1) is 29.3 Å². The number of nitrogens with zero attached hydrogens (tertiary/aromatic N) is 3. The number of alkyl halides is 3. The van der Waals surface area contributed by atoms with Gasteiger partial charge < -0.3 is 15.0 Å². The van der Waals surface area contributed by atoms with Crippen LogP contribution in [0.2, 0.25) is 0 Å². The molecule has 2 aliphatic rings. The maximum Gasteiger partial charge on any atom is 0.418 e. The molecule has 0 saturated carbocycles. The summed E-state index contributed by atoms with van der Waals surface area (Å²) in [5.74, 6) is -3.41. The number of carbonyl (C=O) groups is 3. The highest BCUT2D eigenvalue weighted by atomic mass is 32.2. The molecule has 3 heterocycles. The van der Waals surface area contributed by atoms with Gasteiger partial charge in [-0.1, -0.05) is 47.4 Å². The number of aromatic nitrogens is 1. The van der Waals surface area contributed by atoms with Crippen molar-refractivity contribution in [2.75, 3.05) is 36.3 Å². The Morgan fingerprint density at radius 3 is 2.26 bits per heavy atom. The van der Waals surface area contributed by atoms with Crippen molar-refractivity contribution in [1.29, 1.82) is 0 Å². The number of thiazole rings is 1. The zero-order valence-electron chi connectivity index (χ0n) is 24.7. The number of imide groups is 1. The summed E-state index contributed by atoms with van der Waals surface area (Å²) in [7, 11) is 5.24. The van der Waals surface area contributed by atoms with Crippen molar-refractivity contribution >= 4 is 57.9 Å². The van der Waals surface area contributed by atoms with Crippen molar-refractivity contribution in [3.05, 3.63) is 98.5 Å². The van der Waals surface area contributed by atoms with E-state index in [2.05, 4.69) is 5.32 Å². The first kappa shape index (κ1) is 31.4. The molecule has 3 atom stereocenters. The molecule has 3 aromatic carbocycles. The highest BCUT2D eigenvalue weighted by Crippen LogP contribution is 2.54. The Labute approximate surface area is 269 Å². The zero-order valence-corrected chi connectivity index (χ0v) is 26.3. The van der Waals surface area contributed by atoms with Crippen molar-refractivity contribution in [1.82, 2.24) is 4.57 Å². The molecule has 0 radical (unpaired) electrons. The molecule has 3 amide bonds. The van der Waals surface area contributed by atoms with E-state index in [1.807, 2.05) is 31.1 Å². The average molecular weight is 669 g/mol. The number of amides is 3. The van der Waals surface area contributed by atoms with Crippen LogP contribution >= 0.6 is 23.1 Å². The third-order valence-corrected chi connectivity index (χ3v) is 10.5. The minimum Gasteiger partial charge on any atom is -0.497 e.